The lowest BCUT2D eigenvalue weighted by molar-refractivity contribution is 0.508. The highest BCUT2D eigenvalue weighted by Crippen LogP contribution is 2.29. The molecule has 0 radical (unpaired) electrons. The van der Waals surface area contributed by atoms with Crippen LogP contribution in [-0.2, 0) is 6.42 Å². The van der Waals surface area contributed by atoms with Gasteiger partial charge < -0.3 is 5.32 Å². The number of nitrogens with one attached hydrogen (secondary N) is 1. The fourth-order valence-corrected chi connectivity index (χ4v) is 2.37. The van der Waals surface area contributed by atoms with E-state index >= 15 is 0 Å². The van der Waals surface area contributed by atoms with Crippen LogP contribution >= 0.6 is 0 Å². The first-order chi connectivity index (χ1) is 9.69. The molecule has 1 aromatic carbocycles. The molecule has 0 amide bonds. The monoisotopic (exact) mass is 276 g/mol. The van der Waals surface area contributed by atoms with Crippen LogP contribution < -0.4 is 5.32 Å². The zero-order chi connectivity index (χ0) is 14.5. The lowest BCUT2D eigenvalue weighted by atomic mass is 9.94. The summed E-state index contributed by atoms with van der Waals surface area (Å²) in [6, 6.07) is 5.27. The molecule has 1 atom stereocenters. The van der Waals surface area contributed by atoms with Gasteiger partial charge in [-0.3, -0.25) is 4.98 Å². The molecular weight excluding hydrogens is 258 g/mol. The van der Waals surface area contributed by atoms with Crippen molar-refractivity contribution in [2.75, 3.05) is 6.54 Å². The van der Waals surface area contributed by atoms with Gasteiger partial charge in [0.25, 0.3) is 0 Å². The van der Waals surface area contributed by atoms with Gasteiger partial charge in [0.2, 0.25) is 0 Å². The standard InChI is InChI=1S/C16H18F2N2/c1-3-11-10-19-9-8-12(11)16(20-4-2)15-13(17)6-5-7-14(15)18/h5-10,16,20H,3-4H2,1-2H3. The number of pyridine rings is 1. The second kappa shape index (κ2) is 6.57. The molecule has 2 rings (SSSR count). The molecule has 0 fully saturated rings. The van der Waals surface area contributed by atoms with Crippen LogP contribution in [-0.4, -0.2) is 11.5 Å². The van der Waals surface area contributed by atoms with Gasteiger partial charge >= 0.3 is 0 Å². The fraction of sp³-hybridized carbons (Fsp3) is 0.312. The lowest BCUT2D eigenvalue weighted by Crippen LogP contribution is -2.25. The average Bonchev–Trinajstić information content (AvgIpc) is 2.46. The highest BCUT2D eigenvalue weighted by atomic mass is 19.1. The number of benzene rings is 1. The molecule has 0 spiro atoms. The summed E-state index contributed by atoms with van der Waals surface area (Å²) < 4.78 is 28.1. The molecule has 1 N–H and O–H groups in total. The van der Waals surface area contributed by atoms with Crippen molar-refractivity contribution < 1.29 is 8.78 Å². The Morgan fingerprint density at radius 1 is 1.15 bits per heavy atom. The normalized spacial score (nSPS) is 12.4. The van der Waals surface area contributed by atoms with Crippen molar-refractivity contribution in [1.82, 2.24) is 10.3 Å². The average molecular weight is 276 g/mol. The summed E-state index contributed by atoms with van der Waals surface area (Å²) in [5.41, 5.74) is 1.92. The fourth-order valence-electron chi connectivity index (χ4n) is 2.37. The van der Waals surface area contributed by atoms with Gasteiger partial charge in [-0.05, 0) is 42.3 Å². The van der Waals surface area contributed by atoms with Crippen molar-refractivity contribution in [1.29, 1.82) is 0 Å². The third kappa shape index (κ3) is 2.85. The Morgan fingerprint density at radius 3 is 2.45 bits per heavy atom. The number of aryl methyl sites for hydroxylation is 1. The third-order valence-electron chi connectivity index (χ3n) is 3.33. The zero-order valence-corrected chi connectivity index (χ0v) is 11.7. The second-order valence-corrected chi connectivity index (χ2v) is 4.55. The quantitative estimate of drug-likeness (QED) is 0.902. The van der Waals surface area contributed by atoms with E-state index in [2.05, 4.69) is 10.3 Å². The first-order valence-electron chi connectivity index (χ1n) is 6.79. The highest BCUT2D eigenvalue weighted by Gasteiger charge is 2.22. The van der Waals surface area contributed by atoms with Crippen molar-refractivity contribution in [3.63, 3.8) is 0 Å². The number of hydrogen-bond donors (Lipinski definition) is 1. The Morgan fingerprint density at radius 2 is 1.85 bits per heavy atom. The van der Waals surface area contributed by atoms with Crippen molar-refractivity contribution in [3.8, 4) is 0 Å². The predicted octanol–water partition coefficient (Wildman–Crippen LogP) is 3.62. The SMILES string of the molecule is CCNC(c1ccncc1CC)c1c(F)cccc1F. The van der Waals surface area contributed by atoms with Crippen molar-refractivity contribution in [3.05, 3.63) is 65.0 Å². The number of halogens is 2. The van der Waals surface area contributed by atoms with Crippen LogP contribution in [0.5, 0.6) is 0 Å². The Bertz CT molecular complexity index is 564. The van der Waals surface area contributed by atoms with Gasteiger partial charge in [-0.15, -0.1) is 0 Å². The first-order valence-corrected chi connectivity index (χ1v) is 6.79. The van der Waals surface area contributed by atoms with E-state index in [-0.39, 0.29) is 5.56 Å². The Balaban J connectivity index is 2.56. The second-order valence-electron chi connectivity index (χ2n) is 4.55. The van der Waals surface area contributed by atoms with Crippen LogP contribution in [0.4, 0.5) is 8.78 Å². The molecule has 0 aliphatic carbocycles. The molecule has 0 saturated heterocycles. The molecule has 1 unspecified atom stereocenters. The largest absolute Gasteiger partial charge is 0.306 e. The summed E-state index contributed by atoms with van der Waals surface area (Å²) in [6.45, 7) is 4.53. The van der Waals surface area contributed by atoms with E-state index in [4.69, 9.17) is 0 Å². The maximum atomic E-state index is 14.0. The summed E-state index contributed by atoms with van der Waals surface area (Å²) in [5, 5.41) is 3.16. The minimum absolute atomic E-state index is 0.0650. The molecule has 2 nitrogen and oxygen atoms in total. The van der Waals surface area contributed by atoms with Gasteiger partial charge in [-0.1, -0.05) is 19.9 Å². The molecule has 1 heterocycles. The number of aromatic nitrogens is 1. The Hall–Kier alpha value is -1.81. The van der Waals surface area contributed by atoms with E-state index < -0.39 is 17.7 Å². The molecule has 106 valence electrons. The summed E-state index contributed by atoms with van der Waals surface area (Å²) in [6.07, 6.45) is 4.16. The lowest BCUT2D eigenvalue weighted by Gasteiger charge is -2.22. The third-order valence-corrected chi connectivity index (χ3v) is 3.33. The molecule has 20 heavy (non-hydrogen) atoms. The Kier molecular flexibility index (Phi) is 4.79. The maximum absolute atomic E-state index is 14.0. The van der Waals surface area contributed by atoms with Crippen LogP contribution in [0.2, 0.25) is 0 Å². The van der Waals surface area contributed by atoms with E-state index in [1.54, 1.807) is 12.4 Å². The molecule has 0 saturated carbocycles. The summed E-state index contributed by atoms with van der Waals surface area (Å²) >= 11 is 0. The van der Waals surface area contributed by atoms with Gasteiger partial charge in [0.1, 0.15) is 11.6 Å². The predicted molar refractivity (Wildman–Crippen MR) is 75.5 cm³/mol. The van der Waals surface area contributed by atoms with Gasteiger partial charge in [0.05, 0.1) is 6.04 Å². The van der Waals surface area contributed by atoms with Crippen LogP contribution in [0.1, 0.15) is 36.6 Å². The van der Waals surface area contributed by atoms with E-state index in [1.165, 1.54) is 18.2 Å². The van der Waals surface area contributed by atoms with Crippen LogP contribution in [0.3, 0.4) is 0 Å². The molecule has 0 aliphatic heterocycles. The molecular formula is C16H18F2N2. The van der Waals surface area contributed by atoms with Gasteiger partial charge in [0, 0.05) is 18.0 Å². The van der Waals surface area contributed by atoms with Crippen molar-refractivity contribution >= 4 is 0 Å². The summed E-state index contributed by atoms with van der Waals surface area (Å²) in [5.74, 6) is -1.07. The Labute approximate surface area is 117 Å². The van der Waals surface area contributed by atoms with E-state index in [9.17, 15) is 8.78 Å². The topological polar surface area (TPSA) is 24.9 Å². The van der Waals surface area contributed by atoms with Gasteiger partial charge in [0.15, 0.2) is 0 Å². The molecule has 0 aliphatic rings. The zero-order valence-electron chi connectivity index (χ0n) is 11.7. The highest BCUT2D eigenvalue weighted by molar-refractivity contribution is 5.37. The minimum Gasteiger partial charge on any atom is -0.306 e. The van der Waals surface area contributed by atoms with Crippen LogP contribution in [0, 0.1) is 11.6 Å². The van der Waals surface area contributed by atoms with E-state index in [1.807, 2.05) is 19.9 Å². The van der Waals surface area contributed by atoms with Crippen molar-refractivity contribution in [2.45, 2.75) is 26.3 Å². The molecule has 1 aromatic heterocycles. The van der Waals surface area contributed by atoms with E-state index in [0.29, 0.717) is 6.54 Å². The van der Waals surface area contributed by atoms with Gasteiger partial charge in [-0.2, -0.15) is 0 Å². The summed E-state index contributed by atoms with van der Waals surface area (Å²) in [7, 11) is 0. The first kappa shape index (κ1) is 14.6. The van der Waals surface area contributed by atoms with Crippen LogP contribution in [0.15, 0.2) is 36.7 Å². The van der Waals surface area contributed by atoms with Crippen LogP contribution in [0.25, 0.3) is 0 Å². The van der Waals surface area contributed by atoms with Gasteiger partial charge in [-0.25, -0.2) is 8.78 Å². The summed E-state index contributed by atoms with van der Waals surface area (Å²) in [4.78, 5) is 4.08. The molecule has 4 heteroatoms. The maximum Gasteiger partial charge on any atom is 0.131 e. The van der Waals surface area contributed by atoms with Crippen molar-refractivity contribution in [2.24, 2.45) is 0 Å². The number of rotatable bonds is 5. The molecule has 0 bridgehead atoms. The molecule has 2 aromatic rings. The number of nitrogens with zero attached hydrogens (tertiary/aromatic N) is 1. The number of hydrogen-bond acceptors (Lipinski definition) is 2. The van der Waals surface area contributed by atoms with E-state index in [0.717, 1.165) is 17.5 Å². The minimum atomic E-state index is -0.533. The smallest absolute Gasteiger partial charge is 0.131 e.